The molecule has 3 rings (SSSR count). The summed E-state index contributed by atoms with van der Waals surface area (Å²) >= 11 is 5.32. The van der Waals surface area contributed by atoms with Gasteiger partial charge in [-0.3, -0.25) is 9.69 Å². The molecule has 134 valence electrons. The number of nitrogens with zero attached hydrogens (tertiary/aromatic N) is 1. The Morgan fingerprint density at radius 2 is 2.20 bits per heavy atom. The van der Waals surface area contributed by atoms with E-state index < -0.39 is 0 Å². The molecule has 1 aromatic rings. The van der Waals surface area contributed by atoms with Gasteiger partial charge < -0.3 is 19.5 Å². The molecule has 1 unspecified atom stereocenters. The normalized spacial score (nSPS) is 21.8. The van der Waals surface area contributed by atoms with Crippen LogP contribution in [0.1, 0.15) is 24.0 Å². The molecule has 2 saturated heterocycles. The zero-order chi connectivity index (χ0) is 18.0. The summed E-state index contributed by atoms with van der Waals surface area (Å²) in [6, 6.07) is 3.71. The van der Waals surface area contributed by atoms with Gasteiger partial charge in [0.25, 0.3) is 5.91 Å². The van der Waals surface area contributed by atoms with Crippen molar-refractivity contribution in [1.29, 1.82) is 0 Å². The Hall–Kier alpha value is -2.12. The van der Waals surface area contributed by atoms with E-state index in [-0.39, 0.29) is 12.0 Å². The fraction of sp³-hybridized carbons (Fsp3) is 0.444. The minimum Gasteiger partial charge on any atom is -0.496 e. The minimum atomic E-state index is -0.143. The van der Waals surface area contributed by atoms with Crippen molar-refractivity contribution in [2.75, 3.05) is 27.4 Å². The van der Waals surface area contributed by atoms with Crippen LogP contribution in [0.25, 0.3) is 6.08 Å². The predicted octanol–water partition coefficient (Wildman–Crippen LogP) is 2.25. The highest BCUT2D eigenvalue weighted by atomic mass is 32.1. The van der Waals surface area contributed by atoms with E-state index in [2.05, 4.69) is 5.32 Å². The van der Waals surface area contributed by atoms with Crippen molar-refractivity contribution < 1.29 is 19.0 Å². The average Bonchev–Trinajstić information content (AvgIpc) is 3.20. The summed E-state index contributed by atoms with van der Waals surface area (Å²) in [5, 5.41) is 3.42. The maximum absolute atomic E-state index is 12.7. The van der Waals surface area contributed by atoms with Crippen LogP contribution in [0.2, 0.25) is 0 Å². The van der Waals surface area contributed by atoms with Crippen LogP contribution in [0.5, 0.6) is 11.5 Å². The summed E-state index contributed by atoms with van der Waals surface area (Å²) in [6.45, 7) is 3.15. The van der Waals surface area contributed by atoms with E-state index in [0.29, 0.717) is 23.1 Å². The largest absolute Gasteiger partial charge is 0.496 e. The number of carbonyl (C=O) groups is 1. The van der Waals surface area contributed by atoms with Crippen molar-refractivity contribution in [2.45, 2.75) is 25.9 Å². The van der Waals surface area contributed by atoms with Crippen LogP contribution in [0.15, 0.2) is 17.8 Å². The second-order valence-corrected chi connectivity index (χ2v) is 6.44. The number of amides is 1. The van der Waals surface area contributed by atoms with E-state index >= 15 is 0 Å². The highest BCUT2D eigenvalue weighted by Crippen LogP contribution is 2.33. The molecule has 6 nitrogen and oxygen atoms in total. The Labute approximate surface area is 152 Å². The molecule has 0 radical (unpaired) electrons. The molecule has 0 bridgehead atoms. The van der Waals surface area contributed by atoms with Crippen LogP contribution < -0.4 is 14.8 Å². The molecular weight excluding hydrogens is 340 g/mol. The third-order valence-corrected chi connectivity index (χ3v) is 4.81. The zero-order valence-electron chi connectivity index (χ0n) is 14.6. The van der Waals surface area contributed by atoms with Gasteiger partial charge in [0.1, 0.15) is 17.2 Å². The van der Waals surface area contributed by atoms with E-state index in [1.807, 2.05) is 19.1 Å². The van der Waals surface area contributed by atoms with E-state index in [4.69, 9.17) is 26.4 Å². The van der Waals surface area contributed by atoms with E-state index in [9.17, 15) is 4.79 Å². The number of rotatable bonds is 5. The summed E-state index contributed by atoms with van der Waals surface area (Å²) in [6.07, 6.45) is 3.80. The monoisotopic (exact) mass is 362 g/mol. The molecule has 7 heteroatoms. The van der Waals surface area contributed by atoms with Crippen molar-refractivity contribution in [2.24, 2.45) is 0 Å². The Balaban J connectivity index is 1.85. The number of nitrogens with one attached hydrogen (secondary N) is 1. The van der Waals surface area contributed by atoms with Gasteiger partial charge >= 0.3 is 0 Å². The summed E-state index contributed by atoms with van der Waals surface area (Å²) < 4.78 is 16.4. The van der Waals surface area contributed by atoms with Crippen LogP contribution in [0.3, 0.4) is 0 Å². The van der Waals surface area contributed by atoms with Gasteiger partial charge in [-0.1, -0.05) is 0 Å². The van der Waals surface area contributed by atoms with Crippen molar-refractivity contribution >= 4 is 29.3 Å². The first-order valence-electron chi connectivity index (χ1n) is 8.23. The number of hydrogen-bond acceptors (Lipinski definition) is 5. The first-order chi connectivity index (χ1) is 12.0. The summed E-state index contributed by atoms with van der Waals surface area (Å²) in [4.78, 5) is 14.3. The lowest BCUT2D eigenvalue weighted by Gasteiger charge is -2.18. The molecule has 2 aliphatic rings. The number of carbonyl (C=O) groups excluding carboxylic acids is 1. The van der Waals surface area contributed by atoms with Gasteiger partial charge in [0, 0.05) is 17.7 Å². The van der Waals surface area contributed by atoms with Crippen molar-refractivity contribution in [3.05, 3.63) is 29.0 Å². The molecule has 2 heterocycles. The first-order valence-corrected chi connectivity index (χ1v) is 8.63. The summed E-state index contributed by atoms with van der Waals surface area (Å²) in [5.74, 6) is 1.27. The Morgan fingerprint density at radius 1 is 1.40 bits per heavy atom. The van der Waals surface area contributed by atoms with Gasteiger partial charge in [-0.05, 0) is 50.2 Å². The number of hydrogen-bond donors (Lipinski definition) is 1. The van der Waals surface area contributed by atoms with Gasteiger partial charge in [0.2, 0.25) is 0 Å². The SMILES string of the molecule is COc1ccc(/C=C2/NC(=S)N(CC3CCCO3)C2=O)c(OC)c1C. The Morgan fingerprint density at radius 3 is 2.84 bits per heavy atom. The van der Waals surface area contributed by atoms with Crippen LogP contribution in [0, 0.1) is 6.92 Å². The molecule has 0 aliphatic carbocycles. The van der Waals surface area contributed by atoms with Gasteiger partial charge in [0.15, 0.2) is 5.11 Å². The molecule has 2 fully saturated rings. The quantitative estimate of drug-likeness (QED) is 0.640. The molecule has 1 aromatic carbocycles. The Kier molecular flexibility index (Phi) is 5.24. The first kappa shape index (κ1) is 17.7. The smallest absolute Gasteiger partial charge is 0.276 e. The second kappa shape index (κ2) is 7.41. The van der Waals surface area contributed by atoms with Crippen LogP contribution >= 0.6 is 12.2 Å². The van der Waals surface area contributed by atoms with Gasteiger partial charge in [-0.15, -0.1) is 0 Å². The maximum atomic E-state index is 12.7. The number of ether oxygens (including phenoxy) is 3. The molecule has 25 heavy (non-hydrogen) atoms. The number of thiocarbonyl (C=S) groups is 1. The average molecular weight is 362 g/mol. The topological polar surface area (TPSA) is 60.0 Å². The fourth-order valence-corrected chi connectivity index (χ4v) is 3.45. The molecule has 0 aromatic heterocycles. The number of methoxy groups -OCH3 is 2. The van der Waals surface area contributed by atoms with Crippen molar-refractivity contribution in [3.8, 4) is 11.5 Å². The lowest BCUT2D eigenvalue weighted by atomic mass is 10.1. The number of benzene rings is 1. The second-order valence-electron chi connectivity index (χ2n) is 6.05. The molecule has 1 N–H and O–H groups in total. The van der Waals surface area contributed by atoms with Crippen LogP contribution in [0.4, 0.5) is 0 Å². The fourth-order valence-electron chi connectivity index (χ4n) is 3.19. The highest BCUT2D eigenvalue weighted by molar-refractivity contribution is 7.80. The minimum absolute atomic E-state index is 0.0563. The third kappa shape index (κ3) is 3.48. The highest BCUT2D eigenvalue weighted by Gasteiger charge is 2.33. The Bertz CT molecular complexity index is 726. The zero-order valence-corrected chi connectivity index (χ0v) is 15.4. The van der Waals surface area contributed by atoms with Gasteiger partial charge in [0.05, 0.1) is 26.9 Å². The van der Waals surface area contributed by atoms with Gasteiger partial charge in [-0.2, -0.15) is 0 Å². The van der Waals surface area contributed by atoms with Crippen LogP contribution in [-0.4, -0.2) is 49.4 Å². The molecule has 0 saturated carbocycles. The molecule has 1 atom stereocenters. The standard InChI is InChI=1S/C18H22N2O4S/c1-11-15(22-2)7-6-12(16(11)23-3)9-14-17(21)20(18(25)19-14)10-13-5-4-8-24-13/h6-7,9,13H,4-5,8,10H2,1-3H3,(H,19,25)/b14-9+. The van der Waals surface area contributed by atoms with E-state index in [0.717, 1.165) is 36.3 Å². The van der Waals surface area contributed by atoms with Crippen LogP contribution in [-0.2, 0) is 9.53 Å². The lowest BCUT2D eigenvalue weighted by molar-refractivity contribution is -0.123. The summed E-state index contributed by atoms with van der Waals surface area (Å²) in [5.41, 5.74) is 2.10. The maximum Gasteiger partial charge on any atom is 0.276 e. The third-order valence-electron chi connectivity index (χ3n) is 4.48. The molecular formula is C18H22N2O4S. The molecule has 1 amide bonds. The molecule has 0 spiro atoms. The predicted molar refractivity (Wildman–Crippen MR) is 98.7 cm³/mol. The van der Waals surface area contributed by atoms with E-state index in [1.165, 1.54) is 0 Å². The lowest BCUT2D eigenvalue weighted by Crippen LogP contribution is -2.37. The van der Waals surface area contributed by atoms with E-state index in [1.54, 1.807) is 25.2 Å². The van der Waals surface area contributed by atoms with Crippen molar-refractivity contribution in [3.63, 3.8) is 0 Å². The van der Waals surface area contributed by atoms with Gasteiger partial charge in [-0.25, -0.2) is 0 Å². The summed E-state index contributed by atoms with van der Waals surface area (Å²) in [7, 11) is 3.21. The van der Waals surface area contributed by atoms with Crippen molar-refractivity contribution in [1.82, 2.24) is 10.2 Å². The molecule has 2 aliphatic heterocycles.